The first kappa shape index (κ1) is 39.8. The number of amides is 3. The van der Waals surface area contributed by atoms with Crippen molar-refractivity contribution in [1.82, 2.24) is 31.0 Å². The zero-order valence-corrected chi connectivity index (χ0v) is 31.9. The number of rotatable bonds is 15. The number of hydrazine groups is 1. The lowest BCUT2D eigenvalue weighted by molar-refractivity contribution is -0.131. The van der Waals surface area contributed by atoms with Gasteiger partial charge in [-0.15, -0.1) is 11.3 Å². The fourth-order valence-electron chi connectivity index (χ4n) is 6.56. The van der Waals surface area contributed by atoms with E-state index in [1.165, 1.54) is 11.3 Å². The van der Waals surface area contributed by atoms with Crippen LogP contribution in [0, 0.1) is 11.3 Å². The molecule has 0 radical (unpaired) electrons. The van der Waals surface area contributed by atoms with Crippen LogP contribution in [-0.4, -0.2) is 88.5 Å². The highest BCUT2D eigenvalue weighted by atomic mass is 32.1. The number of pyridine rings is 1. The number of nitrogens with zero attached hydrogens (tertiary/aromatic N) is 3. The largest absolute Gasteiger partial charge is 0.443 e. The van der Waals surface area contributed by atoms with Gasteiger partial charge >= 0.3 is 12.2 Å². The fraction of sp³-hybridized carbons (Fsp3) is 0.425. The molecule has 14 nitrogen and oxygen atoms in total. The van der Waals surface area contributed by atoms with Gasteiger partial charge in [0.2, 0.25) is 0 Å². The van der Waals surface area contributed by atoms with E-state index in [0.29, 0.717) is 12.3 Å². The molecule has 55 heavy (non-hydrogen) atoms. The molecule has 6 atom stereocenters. The van der Waals surface area contributed by atoms with Crippen LogP contribution >= 0.6 is 11.3 Å². The van der Waals surface area contributed by atoms with E-state index in [9.17, 15) is 19.5 Å². The van der Waals surface area contributed by atoms with Crippen LogP contribution in [0.15, 0.2) is 89.9 Å². The van der Waals surface area contributed by atoms with Crippen LogP contribution in [0.1, 0.15) is 44.0 Å². The fourth-order valence-corrected chi connectivity index (χ4v) is 7.11. The van der Waals surface area contributed by atoms with Crippen molar-refractivity contribution in [3.8, 4) is 11.3 Å². The maximum atomic E-state index is 14.1. The first-order valence-electron chi connectivity index (χ1n) is 18.3. The predicted molar refractivity (Wildman–Crippen MR) is 204 cm³/mol. The predicted octanol–water partition coefficient (Wildman–Crippen LogP) is 4.84. The average molecular weight is 773 g/mol. The Morgan fingerprint density at radius 1 is 0.964 bits per heavy atom. The minimum atomic E-state index is -1.19. The van der Waals surface area contributed by atoms with Gasteiger partial charge in [-0.2, -0.15) is 0 Å². The Labute approximate surface area is 324 Å². The molecule has 0 aliphatic carbocycles. The minimum absolute atomic E-state index is 0.0400. The summed E-state index contributed by atoms with van der Waals surface area (Å²) in [5.74, 6) is -0.566. The third kappa shape index (κ3) is 11.3. The molecule has 2 aromatic carbocycles. The first-order valence-corrected chi connectivity index (χ1v) is 19.2. The van der Waals surface area contributed by atoms with Crippen molar-refractivity contribution in [2.45, 2.75) is 77.3 Å². The molecule has 4 N–H and O–H groups in total. The van der Waals surface area contributed by atoms with Crippen molar-refractivity contribution in [3.05, 3.63) is 107 Å². The van der Waals surface area contributed by atoms with Crippen molar-refractivity contribution < 1.29 is 38.4 Å². The second-order valence-electron chi connectivity index (χ2n) is 14.7. The van der Waals surface area contributed by atoms with Crippen molar-refractivity contribution in [2.24, 2.45) is 11.3 Å². The highest BCUT2D eigenvalue weighted by Gasteiger charge is 2.44. The van der Waals surface area contributed by atoms with Gasteiger partial charge in [0.15, 0.2) is 6.29 Å². The number of carbonyl (C=O) groups excluding carboxylic acids is 3. The highest BCUT2D eigenvalue weighted by Crippen LogP contribution is 2.33. The summed E-state index contributed by atoms with van der Waals surface area (Å²) in [4.78, 5) is 48.9. The van der Waals surface area contributed by atoms with Crippen LogP contribution in [0.2, 0.25) is 0 Å². The number of fused-ring (bicyclic) bond motifs is 1. The number of alkyl carbamates (subject to hydrolysis) is 2. The average Bonchev–Trinajstić information content (AvgIpc) is 3.95. The summed E-state index contributed by atoms with van der Waals surface area (Å²) in [5, 5.41) is 20.8. The van der Waals surface area contributed by atoms with Gasteiger partial charge in [0.25, 0.3) is 5.91 Å². The Hall–Kier alpha value is -4.93. The molecule has 4 aromatic rings. The SMILES string of the molecule is CC(C)(C)C(NC(=O)OCc1cscn1)C(=O)NN(Cc1ccc(-c2ccccn2)cc1)CC(O)C(Cc1ccccc1)NC(=O)OC1COC2OCCC12. The van der Waals surface area contributed by atoms with Crippen molar-refractivity contribution in [2.75, 3.05) is 19.8 Å². The molecule has 0 spiro atoms. The third-order valence-electron chi connectivity index (χ3n) is 9.50. The monoisotopic (exact) mass is 772 g/mol. The number of aliphatic hydroxyl groups excluding tert-OH is 1. The lowest BCUT2D eigenvalue weighted by Gasteiger charge is -2.34. The van der Waals surface area contributed by atoms with E-state index in [1.807, 2.05) is 93.6 Å². The van der Waals surface area contributed by atoms with Crippen LogP contribution in [-0.2, 0) is 43.3 Å². The Balaban J connectivity index is 1.19. The van der Waals surface area contributed by atoms with Gasteiger partial charge in [-0.25, -0.2) is 19.6 Å². The van der Waals surface area contributed by atoms with E-state index in [1.54, 1.807) is 22.1 Å². The van der Waals surface area contributed by atoms with Crippen LogP contribution < -0.4 is 16.1 Å². The Morgan fingerprint density at radius 2 is 1.75 bits per heavy atom. The zero-order valence-electron chi connectivity index (χ0n) is 31.1. The van der Waals surface area contributed by atoms with Gasteiger partial charge < -0.3 is 34.7 Å². The van der Waals surface area contributed by atoms with Crippen LogP contribution in [0.25, 0.3) is 11.3 Å². The molecule has 2 fully saturated rings. The lowest BCUT2D eigenvalue weighted by atomic mass is 9.86. The Morgan fingerprint density at radius 3 is 2.45 bits per heavy atom. The molecule has 6 unspecified atom stereocenters. The standard InChI is InChI=1S/C40H48N6O8S/c1-40(2,3)35(44-38(49)53-22-29-24-55-25-42-29)36(48)45-46(20-27-12-14-28(15-13-27)31-11-7-8-17-41-31)21-33(47)32(19-26-9-5-4-6-10-26)43-39(50)54-34-23-52-37-30(34)16-18-51-37/h4-15,17,24-25,30,32-35,37,47H,16,18-23H2,1-3H3,(H,43,50)(H,44,49)(H,45,48). The molecule has 6 rings (SSSR count). The van der Waals surface area contributed by atoms with Gasteiger partial charge in [-0.05, 0) is 41.5 Å². The molecule has 4 heterocycles. The van der Waals surface area contributed by atoms with Crippen LogP contribution in [0.3, 0.4) is 0 Å². The van der Waals surface area contributed by atoms with E-state index in [0.717, 1.165) is 28.8 Å². The van der Waals surface area contributed by atoms with Gasteiger partial charge in [0.1, 0.15) is 18.8 Å². The first-order chi connectivity index (χ1) is 26.5. The number of aromatic nitrogens is 2. The van der Waals surface area contributed by atoms with Gasteiger partial charge in [0, 0.05) is 30.2 Å². The maximum absolute atomic E-state index is 14.1. The molecule has 2 aromatic heterocycles. The number of ether oxygens (including phenoxy) is 4. The highest BCUT2D eigenvalue weighted by molar-refractivity contribution is 7.07. The minimum Gasteiger partial charge on any atom is -0.443 e. The second-order valence-corrected chi connectivity index (χ2v) is 15.5. The van der Waals surface area contributed by atoms with Crippen molar-refractivity contribution >= 4 is 29.4 Å². The molecule has 292 valence electrons. The molecule has 2 aliphatic heterocycles. The second kappa shape index (κ2) is 18.6. The number of benzene rings is 2. The molecule has 0 bridgehead atoms. The maximum Gasteiger partial charge on any atom is 0.408 e. The third-order valence-corrected chi connectivity index (χ3v) is 10.1. The molecule has 2 saturated heterocycles. The van der Waals surface area contributed by atoms with Crippen molar-refractivity contribution in [3.63, 3.8) is 0 Å². The van der Waals surface area contributed by atoms with E-state index >= 15 is 0 Å². The summed E-state index contributed by atoms with van der Waals surface area (Å²) in [6.07, 6.45) is -0.759. The van der Waals surface area contributed by atoms with Crippen molar-refractivity contribution in [1.29, 1.82) is 0 Å². The number of thiazole rings is 1. The van der Waals surface area contributed by atoms with E-state index in [-0.39, 0.29) is 44.9 Å². The summed E-state index contributed by atoms with van der Waals surface area (Å²) < 4.78 is 22.4. The van der Waals surface area contributed by atoms with E-state index in [2.05, 4.69) is 26.0 Å². The number of carbonyl (C=O) groups is 3. The van der Waals surface area contributed by atoms with Gasteiger partial charge in [0.05, 0.1) is 48.2 Å². The molecule has 15 heteroatoms. The number of aliphatic hydroxyl groups is 1. The molecular formula is C40H48N6O8S. The summed E-state index contributed by atoms with van der Waals surface area (Å²) >= 11 is 1.39. The van der Waals surface area contributed by atoms with Gasteiger partial charge in [-0.3, -0.25) is 15.2 Å². The summed E-state index contributed by atoms with van der Waals surface area (Å²) in [6.45, 7) is 6.30. The quantitative estimate of drug-likeness (QED) is 0.122. The molecule has 0 saturated carbocycles. The van der Waals surface area contributed by atoms with Crippen LogP contribution in [0.5, 0.6) is 0 Å². The summed E-state index contributed by atoms with van der Waals surface area (Å²) in [7, 11) is 0. The normalized spacial score (nSPS) is 19.5. The van der Waals surface area contributed by atoms with E-state index in [4.69, 9.17) is 18.9 Å². The molecular weight excluding hydrogens is 725 g/mol. The van der Waals surface area contributed by atoms with Gasteiger partial charge in [-0.1, -0.05) is 81.4 Å². The summed E-state index contributed by atoms with van der Waals surface area (Å²) in [6, 6.07) is 21.1. The summed E-state index contributed by atoms with van der Waals surface area (Å²) in [5.41, 5.74) is 7.91. The number of hydrogen-bond acceptors (Lipinski definition) is 12. The van der Waals surface area contributed by atoms with E-state index < -0.39 is 47.8 Å². The Kier molecular flexibility index (Phi) is 13.4. The Bertz CT molecular complexity index is 1830. The molecule has 2 aliphatic rings. The zero-order chi connectivity index (χ0) is 38.8. The number of nitrogens with one attached hydrogen (secondary N) is 3. The van der Waals surface area contributed by atoms with Crippen LogP contribution in [0.4, 0.5) is 9.59 Å². The lowest BCUT2D eigenvalue weighted by Crippen LogP contribution is -2.59. The molecule has 3 amide bonds. The number of hydrogen-bond donors (Lipinski definition) is 4. The smallest absolute Gasteiger partial charge is 0.408 e. The topological polar surface area (TPSA) is 173 Å².